The molecule has 0 amide bonds. The van der Waals surface area contributed by atoms with Crippen molar-refractivity contribution in [1.82, 2.24) is 0 Å². The van der Waals surface area contributed by atoms with Crippen molar-refractivity contribution in [2.24, 2.45) is 0 Å². The minimum Gasteiger partial charge on any atom is -0.377 e. The van der Waals surface area contributed by atoms with Crippen LogP contribution in [0.5, 0.6) is 0 Å². The molecule has 1 unspecified atom stereocenters. The fraction of sp³-hybridized carbons (Fsp3) is 0.833. The zero-order valence-electron chi connectivity index (χ0n) is 10.3. The lowest BCUT2D eigenvalue weighted by Gasteiger charge is -2.35. The van der Waals surface area contributed by atoms with Crippen LogP contribution in [0.2, 0.25) is 19.6 Å². The Labute approximate surface area is 94.0 Å². The van der Waals surface area contributed by atoms with Gasteiger partial charge in [-0.05, 0) is 19.3 Å². The van der Waals surface area contributed by atoms with E-state index in [-0.39, 0.29) is 6.10 Å². The van der Waals surface area contributed by atoms with Gasteiger partial charge >= 0.3 is 0 Å². The molecule has 0 aliphatic heterocycles. The number of rotatable bonds is 1. The maximum Gasteiger partial charge on any atom is 0.150 e. The van der Waals surface area contributed by atoms with Crippen LogP contribution in [0.4, 0.5) is 0 Å². The van der Waals surface area contributed by atoms with E-state index in [4.69, 9.17) is 4.74 Å². The fourth-order valence-corrected chi connectivity index (χ4v) is 2.47. The molecular formula is C12H22O2Si. The minimum atomic E-state index is -1.41. The number of ether oxygens (including phenoxy) is 1. The van der Waals surface area contributed by atoms with Crippen molar-refractivity contribution in [1.29, 1.82) is 0 Å². The molecule has 0 aromatic heterocycles. The van der Waals surface area contributed by atoms with Crippen LogP contribution in [-0.2, 0) is 4.74 Å². The van der Waals surface area contributed by atoms with E-state index < -0.39 is 13.7 Å². The Balaban J connectivity index is 2.81. The third-order valence-corrected chi connectivity index (χ3v) is 3.62. The Bertz CT molecular complexity index is 272. The first-order chi connectivity index (χ1) is 6.87. The normalized spacial score (nSPS) is 31.9. The van der Waals surface area contributed by atoms with Crippen molar-refractivity contribution in [3.05, 3.63) is 0 Å². The predicted octanol–water partition coefficient (Wildman–Crippen LogP) is 2.19. The molecule has 0 radical (unpaired) electrons. The molecule has 0 saturated heterocycles. The molecule has 1 fully saturated rings. The number of methoxy groups -OCH3 is 1. The summed E-state index contributed by atoms with van der Waals surface area (Å²) in [6, 6.07) is 0. The van der Waals surface area contributed by atoms with Gasteiger partial charge < -0.3 is 9.84 Å². The van der Waals surface area contributed by atoms with Gasteiger partial charge in [0, 0.05) is 7.11 Å². The molecule has 0 spiro atoms. The second kappa shape index (κ2) is 4.69. The van der Waals surface area contributed by atoms with Crippen molar-refractivity contribution < 1.29 is 9.84 Å². The molecule has 86 valence electrons. The van der Waals surface area contributed by atoms with E-state index in [1.807, 2.05) is 0 Å². The molecule has 0 aromatic rings. The molecule has 0 aromatic carbocycles. The van der Waals surface area contributed by atoms with E-state index in [1.165, 1.54) is 0 Å². The van der Waals surface area contributed by atoms with E-state index in [0.29, 0.717) is 0 Å². The average molecular weight is 226 g/mol. The van der Waals surface area contributed by atoms with Gasteiger partial charge in [0.1, 0.15) is 8.07 Å². The summed E-state index contributed by atoms with van der Waals surface area (Å²) >= 11 is 0. The highest BCUT2D eigenvalue weighted by Gasteiger charge is 2.37. The Kier molecular flexibility index (Phi) is 3.99. The highest BCUT2D eigenvalue weighted by atomic mass is 28.3. The van der Waals surface area contributed by atoms with Crippen molar-refractivity contribution in [2.45, 2.75) is 57.0 Å². The highest BCUT2D eigenvalue weighted by Crippen LogP contribution is 2.30. The van der Waals surface area contributed by atoms with Gasteiger partial charge in [0.05, 0.1) is 6.10 Å². The second-order valence-electron chi connectivity index (χ2n) is 5.39. The lowest BCUT2D eigenvalue weighted by atomic mass is 9.83. The van der Waals surface area contributed by atoms with E-state index in [2.05, 4.69) is 31.1 Å². The van der Waals surface area contributed by atoms with E-state index in [1.54, 1.807) is 7.11 Å². The lowest BCUT2D eigenvalue weighted by Crippen LogP contribution is -2.45. The van der Waals surface area contributed by atoms with Crippen molar-refractivity contribution >= 4 is 8.07 Å². The molecule has 0 bridgehead atoms. The Morgan fingerprint density at radius 1 is 1.33 bits per heavy atom. The molecule has 1 aliphatic rings. The van der Waals surface area contributed by atoms with E-state index in [9.17, 15) is 5.11 Å². The zero-order chi connectivity index (χ0) is 11.5. The monoisotopic (exact) mass is 226 g/mol. The van der Waals surface area contributed by atoms with Crippen LogP contribution in [0.15, 0.2) is 0 Å². The van der Waals surface area contributed by atoms with Crippen LogP contribution in [0.3, 0.4) is 0 Å². The standard InChI is InChI=1S/C12H22O2Si/c1-14-11-7-5-6-8-12(11,13)9-10-15(2,3)4/h11,13H,5-8H2,1-4H3/t11-,12?/m0/s1. The third kappa shape index (κ3) is 3.64. The van der Waals surface area contributed by atoms with Crippen LogP contribution >= 0.6 is 0 Å². The number of hydrogen-bond acceptors (Lipinski definition) is 2. The van der Waals surface area contributed by atoms with Crippen LogP contribution in [0, 0.1) is 11.5 Å². The van der Waals surface area contributed by atoms with Gasteiger partial charge in [0.25, 0.3) is 0 Å². The van der Waals surface area contributed by atoms with Gasteiger partial charge in [-0.15, -0.1) is 5.54 Å². The first kappa shape index (κ1) is 12.8. The molecule has 2 atom stereocenters. The average Bonchev–Trinajstić information content (AvgIpc) is 2.15. The summed E-state index contributed by atoms with van der Waals surface area (Å²) in [6.07, 6.45) is 3.76. The summed E-state index contributed by atoms with van der Waals surface area (Å²) < 4.78 is 5.33. The van der Waals surface area contributed by atoms with E-state index in [0.717, 1.165) is 25.7 Å². The molecule has 3 heteroatoms. The summed E-state index contributed by atoms with van der Waals surface area (Å²) in [7, 11) is 0.257. The van der Waals surface area contributed by atoms with Crippen LogP contribution < -0.4 is 0 Å². The van der Waals surface area contributed by atoms with Crippen LogP contribution in [-0.4, -0.2) is 32.0 Å². The van der Waals surface area contributed by atoms with E-state index >= 15 is 0 Å². The van der Waals surface area contributed by atoms with Crippen molar-refractivity contribution in [3.8, 4) is 11.5 Å². The van der Waals surface area contributed by atoms with Gasteiger partial charge in [-0.1, -0.05) is 32.0 Å². The first-order valence-electron chi connectivity index (χ1n) is 5.67. The van der Waals surface area contributed by atoms with Gasteiger partial charge in [-0.25, -0.2) is 0 Å². The van der Waals surface area contributed by atoms with Crippen LogP contribution in [0.25, 0.3) is 0 Å². The molecule has 2 nitrogen and oxygen atoms in total. The first-order valence-corrected chi connectivity index (χ1v) is 9.17. The summed E-state index contributed by atoms with van der Waals surface area (Å²) in [5, 5.41) is 10.4. The lowest BCUT2D eigenvalue weighted by molar-refractivity contribution is -0.0795. The SMILES string of the molecule is CO[C@H]1CCCCC1(O)C#C[Si](C)(C)C. The maximum absolute atomic E-state index is 10.4. The number of aliphatic hydroxyl groups is 1. The van der Waals surface area contributed by atoms with Gasteiger partial charge in [-0.2, -0.15) is 0 Å². The largest absolute Gasteiger partial charge is 0.377 e. The zero-order valence-corrected chi connectivity index (χ0v) is 11.3. The third-order valence-electron chi connectivity index (χ3n) is 2.75. The van der Waals surface area contributed by atoms with Gasteiger partial charge in [0.15, 0.2) is 5.60 Å². The summed E-state index contributed by atoms with van der Waals surface area (Å²) in [5.41, 5.74) is 2.36. The molecule has 1 saturated carbocycles. The summed E-state index contributed by atoms with van der Waals surface area (Å²) in [4.78, 5) is 0. The number of hydrogen-bond donors (Lipinski definition) is 1. The van der Waals surface area contributed by atoms with Crippen molar-refractivity contribution in [3.63, 3.8) is 0 Å². The molecule has 15 heavy (non-hydrogen) atoms. The van der Waals surface area contributed by atoms with Gasteiger partial charge in [-0.3, -0.25) is 0 Å². The Hall–Kier alpha value is -0.303. The predicted molar refractivity (Wildman–Crippen MR) is 65.3 cm³/mol. The minimum absolute atomic E-state index is 0.102. The topological polar surface area (TPSA) is 29.5 Å². The van der Waals surface area contributed by atoms with Crippen molar-refractivity contribution in [2.75, 3.05) is 7.11 Å². The summed E-state index contributed by atoms with van der Waals surface area (Å²) in [5.74, 6) is 3.08. The quantitative estimate of drug-likeness (QED) is 0.548. The molecule has 1 aliphatic carbocycles. The highest BCUT2D eigenvalue weighted by molar-refractivity contribution is 6.83. The van der Waals surface area contributed by atoms with Crippen LogP contribution in [0.1, 0.15) is 25.7 Å². The second-order valence-corrected chi connectivity index (χ2v) is 10.1. The smallest absolute Gasteiger partial charge is 0.150 e. The fourth-order valence-electron chi connectivity index (χ4n) is 1.88. The molecule has 1 N–H and O–H groups in total. The Morgan fingerprint density at radius 2 is 2.00 bits per heavy atom. The maximum atomic E-state index is 10.4. The molecule has 0 heterocycles. The molecular weight excluding hydrogens is 204 g/mol. The van der Waals surface area contributed by atoms with Gasteiger partial charge in [0.2, 0.25) is 0 Å². The summed E-state index contributed by atoms with van der Waals surface area (Å²) in [6.45, 7) is 6.57. The molecule has 1 rings (SSSR count). The Morgan fingerprint density at radius 3 is 2.53 bits per heavy atom.